The van der Waals surface area contributed by atoms with E-state index in [1.165, 1.54) is 12.1 Å². The Labute approximate surface area is 122 Å². The van der Waals surface area contributed by atoms with E-state index in [9.17, 15) is 14.9 Å². The molecule has 6 nitrogen and oxygen atoms in total. The van der Waals surface area contributed by atoms with E-state index in [1.807, 2.05) is 18.5 Å². The highest BCUT2D eigenvalue weighted by Gasteiger charge is 2.15. The number of non-ortho nitro benzene ring substituents is 1. The van der Waals surface area contributed by atoms with Crippen LogP contribution in [0.15, 0.2) is 24.3 Å². The lowest BCUT2D eigenvalue weighted by molar-refractivity contribution is -0.384. The SMILES string of the molecule is CCc1nn(Cc2ccc([N+](=O)[O-])cc2)c(CC)c1C=O. The second kappa shape index (κ2) is 6.30. The van der Waals surface area contributed by atoms with Gasteiger partial charge in [0.05, 0.1) is 22.7 Å². The van der Waals surface area contributed by atoms with E-state index in [0.717, 1.165) is 23.2 Å². The summed E-state index contributed by atoms with van der Waals surface area (Å²) in [6.07, 6.45) is 2.28. The van der Waals surface area contributed by atoms with Gasteiger partial charge in [0, 0.05) is 17.8 Å². The van der Waals surface area contributed by atoms with Gasteiger partial charge in [0.25, 0.3) is 5.69 Å². The number of rotatable bonds is 6. The number of nitrogens with zero attached hydrogens (tertiary/aromatic N) is 3. The van der Waals surface area contributed by atoms with E-state index >= 15 is 0 Å². The molecule has 0 saturated carbocycles. The van der Waals surface area contributed by atoms with Crippen LogP contribution < -0.4 is 0 Å². The summed E-state index contributed by atoms with van der Waals surface area (Å²) in [5.74, 6) is 0. The van der Waals surface area contributed by atoms with Crippen molar-refractivity contribution in [1.82, 2.24) is 9.78 Å². The predicted octanol–water partition coefficient (Wildman–Crippen LogP) is 2.78. The topological polar surface area (TPSA) is 78.0 Å². The van der Waals surface area contributed by atoms with Crippen LogP contribution in [0.1, 0.15) is 41.2 Å². The van der Waals surface area contributed by atoms with Gasteiger partial charge in [-0.15, -0.1) is 0 Å². The number of carbonyl (C=O) groups excluding carboxylic acids is 1. The molecule has 0 fully saturated rings. The number of nitro groups is 1. The maximum atomic E-state index is 11.2. The Balaban J connectivity index is 2.32. The zero-order valence-electron chi connectivity index (χ0n) is 12.1. The van der Waals surface area contributed by atoms with Crippen molar-refractivity contribution < 1.29 is 9.72 Å². The maximum absolute atomic E-state index is 11.2. The van der Waals surface area contributed by atoms with E-state index in [4.69, 9.17) is 0 Å². The summed E-state index contributed by atoms with van der Waals surface area (Å²) in [4.78, 5) is 21.4. The van der Waals surface area contributed by atoms with Crippen LogP contribution >= 0.6 is 0 Å². The molecule has 0 bridgehead atoms. The lowest BCUT2D eigenvalue weighted by Gasteiger charge is -2.06. The molecule has 6 heteroatoms. The van der Waals surface area contributed by atoms with Crippen molar-refractivity contribution in [2.45, 2.75) is 33.2 Å². The summed E-state index contributed by atoms with van der Waals surface area (Å²) in [5.41, 5.74) is 3.35. The third kappa shape index (κ3) is 2.99. The minimum atomic E-state index is -0.422. The molecule has 0 radical (unpaired) electrons. The molecule has 2 aromatic rings. The zero-order chi connectivity index (χ0) is 15.4. The Kier molecular flexibility index (Phi) is 4.47. The van der Waals surface area contributed by atoms with Gasteiger partial charge < -0.3 is 0 Å². The molecule has 2 rings (SSSR count). The number of carbonyl (C=O) groups is 1. The maximum Gasteiger partial charge on any atom is 0.269 e. The molecule has 0 aliphatic rings. The van der Waals surface area contributed by atoms with Crippen LogP contribution in [0.4, 0.5) is 5.69 Å². The molecule has 1 aromatic heterocycles. The standard InChI is InChI=1S/C15H17N3O3/c1-3-14-13(10-19)15(4-2)17(16-14)9-11-5-7-12(8-6-11)18(20)21/h5-8,10H,3-4,9H2,1-2H3. The smallest absolute Gasteiger partial charge is 0.269 e. The average Bonchev–Trinajstić information content (AvgIpc) is 2.84. The number of aldehydes is 1. The molecule has 1 heterocycles. The first kappa shape index (κ1) is 14.9. The first-order chi connectivity index (χ1) is 10.1. The van der Waals surface area contributed by atoms with Crippen LogP contribution in [0.2, 0.25) is 0 Å². The molecule has 0 aliphatic carbocycles. The average molecular weight is 287 g/mol. The second-order valence-corrected chi connectivity index (χ2v) is 4.71. The highest BCUT2D eigenvalue weighted by atomic mass is 16.6. The summed E-state index contributed by atoms with van der Waals surface area (Å²) in [6, 6.07) is 6.38. The zero-order valence-corrected chi connectivity index (χ0v) is 12.1. The van der Waals surface area contributed by atoms with E-state index in [2.05, 4.69) is 5.10 Å². The lowest BCUT2D eigenvalue weighted by Crippen LogP contribution is -2.06. The van der Waals surface area contributed by atoms with Gasteiger partial charge >= 0.3 is 0 Å². The van der Waals surface area contributed by atoms with Crippen LogP contribution in [0.5, 0.6) is 0 Å². The number of benzene rings is 1. The van der Waals surface area contributed by atoms with Gasteiger partial charge in [-0.3, -0.25) is 19.6 Å². The summed E-state index contributed by atoms with van der Waals surface area (Å²) in [7, 11) is 0. The van der Waals surface area contributed by atoms with Crippen molar-refractivity contribution in [1.29, 1.82) is 0 Å². The molecule has 21 heavy (non-hydrogen) atoms. The third-order valence-corrected chi connectivity index (χ3v) is 3.44. The number of hydrogen-bond acceptors (Lipinski definition) is 4. The first-order valence-corrected chi connectivity index (χ1v) is 6.87. The number of aromatic nitrogens is 2. The van der Waals surface area contributed by atoms with Crippen LogP contribution in [0, 0.1) is 10.1 Å². The fourth-order valence-electron chi connectivity index (χ4n) is 2.36. The van der Waals surface area contributed by atoms with Gasteiger partial charge in [-0.05, 0) is 18.4 Å². The molecule has 0 saturated heterocycles. The second-order valence-electron chi connectivity index (χ2n) is 4.71. The normalized spacial score (nSPS) is 10.6. The Hall–Kier alpha value is -2.50. The summed E-state index contributed by atoms with van der Waals surface area (Å²) in [5, 5.41) is 15.1. The summed E-state index contributed by atoms with van der Waals surface area (Å²) < 4.78 is 1.81. The van der Waals surface area contributed by atoms with Gasteiger partial charge in [0.2, 0.25) is 0 Å². The monoisotopic (exact) mass is 287 g/mol. The van der Waals surface area contributed by atoms with E-state index < -0.39 is 4.92 Å². The van der Waals surface area contributed by atoms with Gasteiger partial charge in [-0.25, -0.2) is 0 Å². The van der Waals surface area contributed by atoms with Crippen LogP contribution in [-0.4, -0.2) is 21.0 Å². The van der Waals surface area contributed by atoms with E-state index in [-0.39, 0.29) is 5.69 Å². The molecule has 1 aromatic carbocycles. The van der Waals surface area contributed by atoms with Crippen LogP contribution in [-0.2, 0) is 19.4 Å². The molecule has 0 amide bonds. The fraction of sp³-hybridized carbons (Fsp3) is 0.333. The fourth-order valence-corrected chi connectivity index (χ4v) is 2.36. The van der Waals surface area contributed by atoms with Gasteiger partial charge in [0.15, 0.2) is 6.29 Å². The molecule has 0 spiro atoms. The predicted molar refractivity (Wildman–Crippen MR) is 78.6 cm³/mol. The van der Waals surface area contributed by atoms with Crippen molar-refractivity contribution in [2.75, 3.05) is 0 Å². The minimum Gasteiger partial charge on any atom is -0.298 e. The van der Waals surface area contributed by atoms with Crippen molar-refractivity contribution in [3.63, 3.8) is 0 Å². The highest BCUT2D eigenvalue weighted by Crippen LogP contribution is 2.17. The molecular formula is C15H17N3O3. The van der Waals surface area contributed by atoms with Gasteiger partial charge in [-0.1, -0.05) is 26.0 Å². The molecule has 0 unspecified atom stereocenters. The van der Waals surface area contributed by atoms with Crippen molar-refractivity contribution in [3.05, 3.63) is 56.9 Å². The molecular weight excluding hydrogens is 270 g/mol. The largest absolute Gasteiger partial charge is 0.298 e. The minimum absolute atomic E-state index is 0.0674. The van der Waals surface area contributed by atoms with Gasteiger partial charge in [0.1, 0.15) is 0 Å². The van der Waals surface area contributed by atoms with Crippen LogP contribution in [0.25, 0.3) is 0 Å². The molecule has 0 N–H and O–H groups in total. The Morgan fingerprint density at radius 2 is 1.90 bits per heavy atom. The van der Waals surface area contributed by atoms with E-state index in [1.54, 1.807) is 12.1 Å². The van der Waals surface area contributed by atoms with Gasteiger partial charge in [-0.2, -0.15) is 5.10 Å². The Bertz CT molecular complexity index is 660. The first-order valence-electron chi connectivity index (χ1n) is 6.87. The third-order valence-electron chi connectivity index (χ3n) is 3.44. The lowest BCUT2D eigenvalue weighted by atomic mass is 10.1. The van der Waals surface area contributed by atoms with Crippen molar-refractivity contribution >= 4 is 12.0 Å². The van der Waals surface area contributed by atoms with Crippen molar-refractivity contribution in [3.8, 4) is 0 Å². The Morgan fingerprint density at radius 3 is 2.38 bits per heavy atom. The van der Waals surface area contributed by atoms with Crippen molar-refractivity contribution in [2.24, 2.45) is 0 Å². The van der Waals surface area contributed by atoms with E-state index in [0.29, 0.717) is 24.9 Å². The van der Waals surface area contributed by atoms with Crippen LogP contribution in [0.3, 0.4) is 0 Å². The molecule has 0 atom stereocenters. The number of nitro benzene ring substituents is 1. The quantitative estimate of drug-likeness (QED) is 0.465. The number of aryl methyl sites for hydroxylation is 1. The number of hydrogen-bond donors (Lipinski definition) is 0. The highest BCUT2D eigenvalue weighted by molar-refractivity contribution is 5.78. The summed E-state index contributed by atoms with van der Waals surface area (Å²) >= 11 is 0. The summed E-state index contributed by atoms with van der Waals surface area (Å²) in [6.45, 7) is 4.45. The molecule has 110 valence electrons. The molecule has 0 aliphatic heterocycles. The Morgan fingerprint density at radius 1 is 1.24 bits per heavy atom.